The molecule has 0 aromatic heterocycles. The summed E-state index contributed by atoms with van der Waals surface area (Å²) in [5.74, 6) is -3.86. The zero-order valence-electron chi connectivity index (χ0n) is 13.0. The van der Waals surface area contributed by atoms with E-state index < -0.39 is 42.3 Å². The van der Waals surface area contributed by atoms with Gasteiger partial charge < -0.3 is 15.3 Å². The molecule has 0 saturated carbocycles. The van der Waals surface area contributed by atoms with E-state index in [9.17, 15) is 27.6 Å². The summed E-state index contributed by atoms with van der Waals surface area (Å²) in [7, 11) is 0. The predicted octanol–water partition coefficient (Wildman–Crippen LogP) is 1.26. The average molecular weight is 338 g/mol. The molecule has 2 N–H and O–H groups in total. The van der Waals surface area contributed by atoms with Crippen LogP contribution in [0, 0.1) is 17.8 Å². The molecule has 1 fully saturated rings. The second-order valence-corrected chi connectivity index (χ2v) is 6.20. The summed E-state index contributed by atoms with van der Waals surface area (Å²) >= 11 is 0. The Morgan fingerprint density at radius 2 is 2.00 bits per heavy atom. The maximum absolute atomic E-state index is 12.3. The molecule has 2 atom stereocenters. The lowest BCUT2D eigenvalue weighted by Crippen LogP contribution is -2.39. The van der Waals surface area contributed by atoms with E-state index in [-0.39, 0.29) is 25.4 Å². The predicted molar refractivity (Wildman–Crippen MR) is 74.3 cm³/mol. The average Bonchev–Trinajstić information content (AvgIpc) is 2.73. The third-order valence-corrected chi connectivity index (χ3v) is 3.58. The highest BCUT2D eigenvalue weighted by atomic mass is 19.4. The van der Waals surface area contributed by atoms with Gasteiger partial charge in [-0.1, -0.05) is 13.8 Å². The molecule has 0 spiro atoms. The summed E-state index contributed by atoms with van der Waals surface area (Å²) in [6.07, 6.45) is -4.42. The highest BCUT2D eigenvalue weighted by Crippen LogP contribution is 2.24. The minimum Gasteiger partial charge on any atom is -0.481 e. The summed E-state index contributed by atoms with van der Waals surface area (Å²) in [4.78, 5) is 35.2. The molecule has 23 heavy (non-hydrogen) atoms. The topological polar surface area (TPSA) is 86.7 Å². The number of rotatable bonds is 7. The minimum absolute atomic E-state index is 0.101. The van der Waals surface area contributed by atoms with E-state index >= 15 is 0 Å². The monoisotopic (exact) mass is 338 g/mol. The Bertz CT molecular complexity index is 465. The van der Waals surface area contributed by atoms with Crippen molar-refractivity contribution in [1.29, 1.82) is 0 Å². The Balaban J connectivity index is 2.52. The first kappa shape index (κ1) is 19.2. The van der Waals surface area contributed by atoms with Crippen LogP contribution >= 0.6 is 0 Å². The molecule has 9 heteroatoms. The fourth-order valence-electron chi connectivity index (χ4n) is 2.53. The van der Waals surface area contributed by atoms with Gasteiger partial charge >= 0.3 is 12.1 Å². The molecule has 0 aliphatic carbocycles. The maximum Gasteiger partial charge on any atom is 0.406 e. The summed E-state index contributed by atoms with van der Waals surface area (Å²) < 4.78 is 36.9. The van der Waals surface area contributed by atoms with Crippen molar-refractivity contribution in [3.8, 4) is 0 Å². The number of amides is 2. The van der Waals surface area contributed by atoms with E-state index in [2.05, 4.69) is 5.32 Å². The SMILES string of the molecule is CC(C)C[C@@H](CNC(=O)[C@H]1CC(=O)N(CC(F)(F)F)C1)C(=O)O. The van der Waals surface area contributed by atoms with Gasteiger partial charge in [0, 0.05) is 19.5 Å². The molecule has 0 radical (unpaired) electrons. The van der Waals surface area contributed by atoms with Crippen LogP contribution in [-0.4, -0.2) is 53.6 Å². The molecule has 2 amide bonds. The first-order chi connectivity index (χ1) is 10.5. The molecule has 1 heterocycles. The lowest BCUT2D eigenvalue weighted by Gasteiger charge is -2.19. The smallest absolute Gasteiger partial charge is 0.406 e. The molecule has 1 aliphatic heterocycles. The van der Waals surface area contributed by atoms with Crippen LogP contribution in [0.2, 0.25) is 0 Å². The minimum atomic E-state index is -4.51. The van der Waals surface area contributed by atoms with E-state index in [1.165, 1.54) is 0 Å². The van der Waals surface area contributed by atoms with Gasteiger partial charge in [-0.2, -0.15) is 13.2 Å². The molecule has 6 nitrogen and oxygen atoms in total. The fraction of sp³-hybridized carbons (Fsp3) is 0.786. The number of carboxylic acid groups (broad SMARTS) is 1. The first-order valence-corrected chi connectivity index (χ1v) is 7.34. The molecule has 1 aliphatic rings. The zero-order chi connectivity index (χ0) is 17.8. The number of likely N-dealkylation sites (tertiary alicyclic amines) is 1. The molecule has 132 valence electrons. The van der Waals surface area contributed by atoms with Gasteiger partial charge in [0.1, 0.15) is 6.54 Å². The van der Waals surface area contributed by atoms with E-state index in [4.69, 9.17) is 5.11 Å². The number of aliphatic carboxylic acids is 1. The molecule has 0 unspecified atom stereocenters. The lowest BCUT2D eigenvalue weighted by molar-refractivity contribution is -0.157. The van der Waals surface area contributed by atoms with Gasteiger partial charge in [-0.25, -0.2) is 0 Å². The number of nitrogens with one attached hydrogen (secondary N) is 1. The van der Waals surface area contributed by atoms with Crippen LogP contribution in [0.3, 0.4) is 0 Å². The van der Waals surface area contributed by atoms with Crippen LogP contribution in [0.5, 0.6) is 0 Å². The number of nitrogens with zero attached hydrogens (tertiary/aromatic N) is 1. The molecular formula is C14H21F3N2O4. The van der Waals surface area contributed by atoms with E-state index in [0.29, 0.717) is 11.3 Å². The summed E-state index contributed by atoms with van der Waals surface area (Å²) in [6, 6.07) is 0. The normalized spacial score (nSPS) is 20.0. The Labute approximate surface area is 132 Å². The van der Waals surface area contributed by atoms with Crippen LogP contribution < -0.4 is 5.32 Å². The molecular weight excluding hydrogens is 317 g/mol. The summed E-state index contributed by atoms with van der Waals surface area (Å²) in [5.41, 5.74) is 0. The number of alkyl halides is 3. The van der Waals surface area contributed by atoms with Gasteiger partial charge in [-0.15, -0.1) is 0 Å². The van der Waals surface area contributed by atoms with Crippen molar-refractivity contribution in [3.05, 3.63) is 0 Å². The molecule has 1 rings (SSSR count). The summed E-state index contributed by atoms with van der Waals surface area (Å²) in [6.45, 7) is 1.92. The molecule has 1 saturated heterocycles. The maximum atomic E-state index is 12.3. The zero-order valence-corrected chi connectivity index (χ0v) is 13.0. The Kier molecular flexibility index (Phi) is 6.40. The number of carbonyl (C=O) groups excluding carboxylic acids is 2. The van der Waals surface area contributed by atoms with Crippen molar-refractivity contribution in [1.82, 2.24) is 10.2 Å². The largest absolute Gasteiger partial charge is 0.481 e. The van der Waals surface area contributed by atoms with Gasteiger partial charge in [-0.05, 0) is 12.3 Å². The van der Waals surface area contributed by atoms with Crippen molar-refractivity contribution in [3.63, 3.8) is 0 Å². The van der Waals surface area contributed by atoms with Gasteiger partial charge in [0.25, 0.3) is 0 Å². The number of carboxylic acids is 1. The van der Waals surface area contributed by atoms with Gasteiger partial charge in [-0.3, -0.25) is 14.4 Å². The van der Waals surface area contributed by atoms with Crippen molar-refractivity contribution in [2.45, 2.75) is 32.9 Å². The first-order valence-electron chi connectivity index (χ1n) is 7.34. The van der Waals surface area contributed by atoms with Crippen molar-refractivity contribution in [2.75, 3.05) is 19.6 Å². The molecule has 0 bridgehead atoms. The Hall–Kier alpha value is -1.80. The van der Waals surface area contributed by atoms with Crippen LogP contribution in [0.1, 0.15) is 26.7 Å². The standard InChI is InChI=1S/C14H21F3N2O4/c1-8(2)3-9(13(22)23)5-18-12(21)10-4-11(20)19(6-10)7-14(15,16)17/h8-10H,3-7H2,1-2H3,(H,18,21)(H,22,23)/t9-,10-/m0/s1. The number of halogens is 3. The fourth-order valence-corrected chi connectivity index (χ4v) is 2.53. The molecule has 0 aromatic rings. The van der Waals surface area contributed by atoms with Crippen LogP contribution in [0.25, 0.3) is 0 Å². The quantitative estimate of drug-likeness (QED) is 0.732. The van der Waals surface area contributed by atoms with E-state index in [1.807, 2.05) is 13.8 Å². The third kappa shape index (κ3) is 6.45. The third-order valence-electron chi connectivity index (χ3n) is 3.58. The lowest BCUT2D eigenvalue weighted by atomic mass is 9.97. The number of hydrogen-bond acceptors (Lipinski definition) is 3. The van der Waals surface area contributed by atoms with Crippen molar-refractivity contribution < 1.29 is 32.7 Å². The van der Waals surface area contributed by atoms with Crippen molar-refractivity contribution >= 4 is 17.8 Å². The number of carbonyl (C=O) groups is 3. The van der Waals surface area contributed by atoms with Crippen LogP contribution in [0.4, 0.5) is 13.2 Å². The highest BCUT2D eigenvalue weighted by Gasteiger charge is 2.40. The summed E-state index contributed by atoms with van der Waals surface area (Å²) in [5, 5.41) is 11.5. The van der Waals surface area contributed by atoms with E-state index in [1.54, 1.807) is 0 Å². The van der Waals surface area contributed by atoms with Crippen molar-refractivity contribution in [2.24, 2.45) is 17.8 Å². The van der Waals surface area contributed by atoms with Gasteiger partial charge in [0.2, 0.25) is 11.8 Å². The second kappa shape index (κ2) is 7.65. The van der Waals surface area contributed by atoms with Crippen LogP contribution in [0.15, 0.2) is 0 Å². The Morgan fingerprint density at radius 1 is 1.39 bits per heavy atom. The number of hydrogen-bond donors (Lipinski definition) is 2. The molecule has 0 aromatic carbocycles. The highest BCUT2D eigenvalue weighted by molar-refractivity contribution is 5.89. The van der Waals surface area contributed by atoms with Gasteiger partial charge in [0.05, 0.1) is 11.8 Å². The van der Waals surface area contributed by atoms with E-state index in [0.717, 1.165) is 0 Å². The van der Waals surface area contributed by atoms with Gasteiger partial charge in [0.15, 0.2) is 0 Å². The Morgan fingerprint density at radius 3 is 2.48 bits per heavy atom. The second-order valence-electron chi connectivity index (χ2n) is 6.20. The van der Waals surface area contributed by atoms with Crippen LogP contribution in [-0.2, 0) is 14.4 Å².